The van der Waals surface area contributed by atoms with Gasteiger partial charge in [-0.25, -0.2) is 0 Å². The molecule has 0 bridgehead atoms. The monoisotopic (exact) mass is 368 g/mol. The molecule has 2 heterocycles. The van der Waals surface area contributed by atoms with Gasteiger partial charge in [0.25, 0.3) is 5.91 Å². The van der Waals surface area contributed by atoms with E-state index in [1.807, 2.05) is 48.5 Å². The number of hydrogen-bond donors (Lipinski definition) is 1. The van der Waals surface area contributed by atoms with Crippen LogP contribution in [0.1, 0.15) is 16.8 Å². The van der Waals surface area contributed by atoms with E-state index in [0.29, 0.717) is 38.3 Å². The van der Waals surface area contributed by atoms with Gasteiger partial charge in [0.2, 0.25) is 0 Å². The minimum absolute atomic E-state index is 0.0605. The number of carbonyl (C=O) groups is 1. The van der Waals surface area contributed by atoms with Crippen molar-refractivity contribution < 1.29 is 19.0 Å². The number of nitrogens with zero attached hydrogens (tertiary/aromatic N) is 1. The minimum atomic E-state index is -0.0609. The Kier molecular flexibility index (Phi) is 5.44. The molecular weight excluding hydrogens is 344 g/mol. The van der Waals surface area contributed by atoms with Crippen LogP contribution in [0.15, 0.2) is 48.5 Å². The lowest BCUT2D eigenvalue weighted by molar-refractivity contribution is 0.0812. The number of para-hydroxylation sites is 3. The standard InChI is InChI=1S/C21H24N2O4/c24-21(17-5-1-2-6-18(17)23-11-13-25-14-12-23)22-10-9-16-15-26-19-7-3-4-8-20(19)27-16/h1-8,16H,9-15H2,(H,22,24)/t16-/m0/s1. The highest BCUT2D eigenvalue weighted by Gasteiger charge is 2.21. The number of benzene rings is 2. The summed E-state index contributed by atoms with van der Waals surface area (Å²) in [6, 6.07) is 15.4. The first-order valence-electron chi connectivity index (χ1n) is 9.39. The van der Waals surface area contributed by atoms with Gasteiger partial charge in [-0.05, 0) is 24.3 Å². The predicted molar refractivity (Wildman–Crippen MR) is 103 cm³/mol. The lowest BCUT2D eigenvalue weighted by Crippen LogP contribution is -2.38. The van der Waals surface area contributed by atoms with Crippen molar-refractivity contribution in [2.75, 3.05) is 44.4 Å². The van der Waals surface area contributed by atoms with Crippen molar-refractivity contribution in [2.45, 2.75) is 12.5 Å². The molecule has 0 saturated carbocycles. The Morgan fingerprint density at radius 2 is 1.78 bits per heavy atom. The summed E-state index contributed by atoms with van der Waals surface area (Å²) < 4.78 is 17.1. The second-order valence-corrected chi connectivity index (χ2v) is 6.66. The fourth-order valence-corrected chi connectivity index (χ4v) is 3.39. The smallest absolute Gasteiger partial charge is 0.253 e. The summed E-state index contributed by atoms with van der Waals surface area (Å²) in [5.74, 6) is 1.48. The molecule has 0 spiro atoms. The van der Waals surface area contributed by atoms with Crippen LogP contribution in [0, 0.1) is 0 Å². The van der Waals surface area contributed by atoms with Crippen molar-refractivity contribution in [1.29, 1.82) is 0 Å². The van der Waals surface area contributed by atoms with E-state index < -0.39 is 0 Å². The van der Waals surface area contributed by atoms with Crippen LogP contribution >= 0.6 is 0 Å². The molecule has 1 atom stereocenters. The average molecular weight is 368 g/mol. The zero-order chi connectivity index (χ0) is 18.5. The van der Waals surface area contributed by atoms with Crippen molar-refractivity contribution >= 4 is 11.6 Å². The van der Waals surface area contributed by atoms with Gasteiger partial charge >= 0.3 is 0 Å². The number of nitrogens with one attached hydrogen (secondary N) is 1. The van der Waals surface area contributed by atoms with Gasteiger partial charge in [0.15, 0.2) is 11.5 Å². The normalized spacial score (nSPS) is 18.8. The Morgan fingerprint density at radius 3 is 2.63 bits per heavy atom. The van der Waals surface area contributed by atoms with Gasteiger partial charge in [-0.1, -0.05) is 24.3 Å². The third kappa shape index (κ3) is 4.17. The number of fused-ring (bicyclic) bond motifs is 1. The van der Waals surface area contributed by atoms with Crippen molar-refractivity contribution in [3.8, 4) is 11.5 Å². The molecule has 0 unspecified atom stereocenters. The zero-order valence-electron chi connectivity index (χ0n) is 15.2. The second kappa shape index (κ2) is 8.31. The van der Waals surface area contributed by atoms with E-state index in [2.05, 4.69) is 10.2 Å². The van der Waals surface area contributed by atoms with Gasteiger partial charge in [0, 0.05) is 31.7 Å². The highest BCUT2D eigenvalue weighted by molar-refractivity contribution is 5.99. The number of amides is 1. The van der Waals surface area contributed by atoms with Crippen molar-refractivity contribution in [2.24, 2.45) is 0 Å². The van der Waals surface area contributed by atoms with E-state index in [1.165, 1.54) is 0 Å². The molecule has 27 heavy (non-hydrogen) atoms. The van der Waals surface area contributed by atoms with Crippen molar-refractivity contribution in [3.63, 3.8) is 0 Å². The largest absolute Gasteiger partial charge is 0.486 e. The molecule has 6 heteroatoms. The van der Waals surface area contributed by atoms with Crippen molar-refractivity contribution in [1.82, 2.24) is 5.32 Å². The maximum atomic E-state index is 12.7. The third-order valence-corrected chi connectivity index (χ3v) is 4.82. The molecule has 2 aliphatic heterocycles. The van der Waals surface area contributed by atoms with Crippen LogP contribution in [0.25, 0.3) is 0 Å². The van der Waals surface area contributed by atoms with Crippen LogP contribution in [0.3, 0.4) is 0 Å². The molecule has 2 aromatic rings. The maximum Gasteiger partial charge on any atom is 0.253 e. The van der Waals surface area contributed by atoms with E-state index in [4.69, 9.17) is 14.2 Å². The molecule has 142 valence electrons. The first-order valence-corrected chi connectivity index (χ1v) is 9.39. The van der Waals surface area contributed by atoms with Crippen LogP contribution in [0.5, 0.6) is 11.5 Å². The summed E-state index contributed by atoms with van der Waals surface area (Å²) in [4.78, 5) is 14.9. The van der Waals surface area contributed by atoms with Gasteiger partial charge < -0.3 is 24.4 Å². The van der Waals surface area contributed by atoms with Crippen LogP contribution in [0.4, 0.5) is 5.69 Å². The first kappa shape index (κ1) is 17.7. The molecule has 0 aromatic heterocycles. The molecular formula is C21H24N2O4. The summed E-state index contributed by atoms with van der Waals surface area (Å²) in [5.41, 5.74) is 1.66. The number of morpholine rings is 1. The quantitative estimate of drug-likeness (QED) is 0.879. The fraction of sp³-hybridized carbons (Fsp3) is 0.381. The lowest BCUT2D eigenvalue weighted by atomic mass is 10.1. The molecule has 1 N–H and O–H groups in total. The average Bonchev–Trinajstić information content (AvgIpc) is 2.74. The SMILES string of the molecule is O=C(NCC[C@H]1COc2ccccc2O1)c1ccccc1N1CCOCC1. The summed E-state index contributed by atoms with van der Waals surface area (Å²) in [5, 5.41) is 3.02. The summed E-state index contributed by atoms with van der Waals surface area (Å²) in [6.07, 6.45) is 0.634. The Balaban J connectivity index is 1.33. The van der Waals surface area contributed by atoms with E-state index >= 15 is 0 Å². The van der Waals surface area contributed by atoms with Crippen LogP contribution in [-0.2, 0) is 4.74 Å². The maximum absolute atomic E-state index is 12.7. The molecule has 1 saturated heterocycles. The van der Waals surface area contributed by atoms with Crippen LogP contribution in [0.2, 0.25) is 0 Å². The van der Waals surface area contributed by atoms with E-state index in [9.17, 15) is 4.79 Å². The van der Waals surface area contributed by atoms with Crippen molar-refractivity contribution in [3.05, 3.63) is 54.1 Å². The van der Waals surface area contributed by atoms with E-state index in [-0.39, 0.29) is 12.0 Å². The second-order valence-electron chi connectivity index (χ2n) is 6.66. The number of hydrogen-bond acceptors (Lipinski definition) is 5. The molecule has 1 fully saturated rings. The molecule has 2 aromatic carbocycles. The molecule has 0 aliphatic carbocycles. The van der Waals surface area contributed by atoms with E-state index in [1.54, 1.807) is 0 Å². The number of rotatable bonds is 5. The van der Waals surface area contributed by atoms with Gasteiger partial charge in [-0.3, -0.25) is 4.79 Å². The zero-order valence-corrected chi connectivity index (χ0v) is 15.2. The minimum Gasteiger partial charge on any atom is -0.486 e. The van der Waals surface area contributed by atoms with Crippen LogP contribution < -0.4 is 19.7 Å². The van der Waals surface area contributed by atoms with Gasteiger partial charge in [0.1, 0.15) is 12.7 Å². The highest BCUT2D eigenvalue weighted by atomic mass is 16.6. The topological polar surface area (TPSA) is 60.0 Å². The molecule has 0 radical (unpaired) electrons. The number of ether oxygens (including phenoxy) is 3. The summed E-state index contributed by atoms with van der Waals surface area (Å²) >= 11 is 0. The van der Waals surface area contributed by atoms with Gasteiger partial charge in [-0.2, -0.15) is 0 Å². The lowest BCUT2D eigenvalue weighted by Gasteiger charge is -2.30. The molecule has 4 rings (SSSR count). The first-order chi connectivity index (χ1) is 13.3. The Hall–Kier alpha value is -2.73. The number of carbonyl (C=O) groups excluding carboxylic acids is 1. The Labute approximate surface area is 159 Å². The third-order valence-electron chi connectivity index (χ3n) is 4.82. The molecule has 2 aliphatic rings. The number of anilines is 1. The molecule has 1 amide bonds. The van der Waals surface area contributed by atoms with Gasteiger partial charge in [0.05, 0.1) is 18.8 Å². The predicted octanol–water partition coefficient (Wildman–Crippen LogP) is 2.48. The van der Waals surface area contributed by atoms with E-state index in [0.717, 1.165) is 30.3 Å². The molecule has 6 nitrogen and oxygen atoms in total. The van der Waals surface area contributed by atoms with Crippen LogP contribution in [-0.4, -0.2) is 51.5 Å². The van der Waals surface area contributed by atoms with Gasteiger partial charge in [-0.15, -0.1) is 0 Å². The fourth-order valence-electron chi connectivity index (χ4n) is 3.39. The Morgan fingerprint density at radius 1 is 1.04 bits per heavy atom. The summed E-state index contributed by atoms with van der Waals surface area (Å²) in [7, 11) is 0. The Bertz CT molecular complexity index is 789. The highest BCUT2D eigenvalue weighted by Crippen LogP contribution is 2.31. The summed E-state index contributed by atoms with van der Waals surface area (Å²) in [6.45, 7) is 4.02.